The Morgan fingerprint density at radius 3 is 2.20 bits per heavy atom. The normalized spacial score (nSPS) is 15.2. The Hall–Kier alpha value is -2.75. The fraction of sp³-hybridized carbons (Fsp3) is 0.333. The molecule has 0 atom stereocenters. The van der Waals surface area contributed by atoms with Crippen LogP contribution < -0.4 is 15.8 Å². The van der Waals surface area contributed by atoms with Crippen molar-refractivity contribution < 1.29 is 18.0 Å². The molecule has 160 valence electrons. The zero-order valence-electron chi connectivity index (χ0n) is 16.6. The van der Waals surface area contributed by atoms with Gasteiger partial charge < -0.3 is 10.6 Å². The van der Waals surface area contributed by atoms with Gasteiger partial charge >= 0.3 is 0 Å². The van der Waals surface area contributed by atoms with Crippen LogP contribution in [0.15, 0.2) is 53.4 Å². The lowest BCUT2D eigenvalue weighted by Crippen LogP contribution is -2.33. The standard InChI is InChI=1S/C21H26N4O4S/c22-30(28,29)19-7-5-6-18(14-19)24-21(27)16-8-10-17(11-9-16)23-20(26)15-25-12-3-1-2-4-13-25/h5-11,14H,1-4,12-13,15H2,(H,23,26)(H,24,27)(H2,22,28,29). The summed E-state index contributed by atoms with van der Waals surface area (Å²) in [5.74, 6) is -0.474. The van der Waals surface area contributed by atoms with E-state index < -0.39 is 15.9 Å². The topological polar surface area (TPSA) is 122 Å². The van der Waals surface area contributed by atoms with Gasteiger partial charge in [-0.3, -0.25) is 14.5 Å². The predicted molar refractivity (Wildman–Crippen MR) is 116 cm³/mol. The summed E-state index contributed by atoms with van der Waals surface area (Å²) in [6, 6.07) is 12.2. The van der Waals surface area contributed by atoms with Crippen molar-refractivity contribution >= 4 is 33.2 Å². The molecule has 0 unspecified atom stereocenters. The molecule has 1 aliphatic heterocycles. The van der Waals surface area contributed by atoms with Crippen molar-refractivity contribution in [1.29, 1.82) is 0 Å². The van der Waals surface area contributed by atoms with Crippen LogP contribution in [-0.2, 0) is 14.8 Å². The minimum Gasteiger partial charge on any atom is -0.325 e. The number of likely N-dealkylation sites (tertiary alicyclic amines) is 1. The van der Waals surface area contributed by atoms with Gasteiger partial charge in [-0.25, -0.2) is 13.6 Å². The monoisotopic (exact) mass is 430 g/mol. The second-order valence-electron chi connectivity index (χ2n) is 7.34. The molecule has 4 N–H and O–H groups in total. The van der Waals surface area contributed by atoms with Gasteiger partial charge in [0, 0.05) is 16.9 Å². The van der Waals surface area contributed by atoms with E-state index in [0.717, 1.165) is 25.9 Å². The zero-order valence-corrected chi connectivity index (χ0v) is 17.5. The molecule has 2 aromatic rings. The molecule has 30 heavy (non-hydrogen) atoms. The highest BCUT2D eigenvalue weighted by Gasteiger charge is 2.14. The number of nitrogens with two attached hydrogens (primary N) is 1. The molecule has 0 aliphatic carbocycles. The van der Waals surface area contributed by atoms with Crippen LogP contribution in [0.25, 0.3) is 0 Å². The van der Waals surface area contributed by atoms with Crippen LogP contribution in [0.3, 0.4) is 0 Å². The van der Waals surface area contributed by atoms with Gasteiger partial charge in [-0.2, -0.15) is 0 Å². The average molecular weight is 431 g/mol. The third-order valence-corrected chi connectivity index (χ3v) is 5.83. The third-order valence-electron chi connectivity index (χ3n) is 4.92. The number of primary sulfonamides is 1. The summed E-state index contributed by atoms with van der Waals surface area (Å²) in [7, 11) is -3.85. The first kappa shape index (κ1) is 21.9. The molecule has 2 amide bonds. The summed E-state index contributed by atoms with van der Waals surface area (Å²) in [5, 5.41) is 10.6. The molecule has 0 bridgehead atoms. The number of hydrogen-bond donors (Lipinski definition) is 3. The van der Waals surface area contributed by atoms with Crippen LogP contribution in [0.5, 0.6) is 0 Å². The van der Waals surface area contributed by atoms with Gasteiger partial charge in [-0.15, -0.1) is 0 Å². The van der Waals surface area contributed by atoms with Crippen LogP contribution in [0.1, 0.15) is 36.0 Å². The summed E-state index contributed by atoms with van der Waals surface area (Å²) < 4.78 is 22.9. The maximum Gasteiger partial charge on any atom is 0.255 e. The molecule has 3 rings (SSSR count). The summed E-state index contributed by atoms with van der Waals surface area (Å²) in [6.45, 7) is 2.25. The molecular weight excluding hydrogens is 404 g/mol. The Morgan fingerprint density at radius 2 is 1.57 bits per heavy atom. The summed E-state index contributed by atoms with van der Waals surface area (Å²) >= 11 is 0. The van der Waals surface area contributed by atoms with Crippen LogP contribution in [-0.4, -0.2) is 44.8 Å². The van der Waals surface area contributed by atoms with E-state index in [1.165, 1.54) is 31.0 Å². The second-order valence-corrected chi connectivity index (χ2v) is 8.90. The molecule has 1 heterocycles. The number of nitrogens with one attached hydrogen (secondary N) is 2. The lowest BCUT2D eigenvalue weighted by Gasteiger charge is -2.19. The second kappa shape index (κ2) is 9.84. The SMILES string of the molecule is NS(=O)(=O)c1cccc(NC(=O)c2ccc(NC(=O)CN3CCCCCC3)cc2)c1. The molecule has 9 heteroatoms. The van der Waals surface area contributed by atoms with Crippen molar-refractivity contribution in [2.45, 2.75) is 30.6 Å². The van der Waals surface area contributed by atoms with E-state index in [1.807, 2.05) is 0 Å². The Labute approximate surface area is 176 Å². The third kappa shape index (κ3) is 6.38. The van der Waals surface area contributed by atoms with E-state index in [4.69, 9.17) is 5.14 Å². The molecule has 8 nitrogen and oxygen atoms in total. The first-order valence-electron chi connectivity index (χ1n) is 9.88. The van der Waals surface area contributed by atoms with E-state index in [-0.39, 0.29) is 10.8 Å². The first-order valence-corrected chi connectivity index (χ1v) is 11.4. The van der Waals surface area contributed by atoms with Crippen molar-refractivity contribution in [3.05, 3.63) is 54.1 Å². The van der Waals surface area contributed by atoms with Gasteiger partial charge in [0.15, 0.2) is 0 Å². The number of carbonyl (C=O) groups excluding carboxylic acids is 2. The van der Waals surface area contributed by atoms with E-state index in [0.29, 0.717) is 23.5 Å². The molecule has 0 aromatic heterocycles. The molecule has 1 aliphatic rings. The summed E-state index contributed by atoms with van der Waals surface area (Å²) in [6.07, 6.45) is 4.68. The largest absolute Gasteiger partial charge is 0.325 e. The number of hydrogen-bond acceptors (Lipinski definition) is 5. The highest BCUT2D eigenvalue weighted by atomic mass is 32.2. The van der Waals surface area contributed by atoms with Crippen molar-refractivity contribution in [2.24, 2.45) is 5.14 Å². The number of anilines is 2. The Balaban J connectivity index is 1.57. The van der Waals surface area contributed by atoms with Gasteiger partial charge in [0.1, 0.15) is 0 Å². The van der Waals surface area contributed by atoms with Gasteiger partial charge in [-0.1, -0.05) is 18.9 Å². The molecular formula is C21H26N4O4S. The highest BCUT2D eigenvalue weighted by molar-refractivity contribution is 7.89. The van der Waals surface area contributed by atoms with E-state index in [1.54, 1.807) is 30.3 Å². The number of sulfonamides is 1. The summed E-state index contributed by atoms with van der Waals surface area (Å²) in [4.78, 5) is 26.8. The smallest absolute Gasteiger partial charge is 0.255 e. The number of carbonyl (C=O) groups is 2. The van der Waals surface area contributed by atoms with Crippen LogP contribution >= 0.6 is 0 Å². The van der Waals surface area contributed by atoms with Crippen LogP contribution in [0, 0.1) is 0 Å². The van der Waals surface area contributed by atoms with E-state index in [2.05, 4.69) is 15.5 Å². The molecule has 0 radical (unpaired) electrons. The Morgan fingerprint density at radius 1 is 0.900 bits per heavy atom. The van der Waals surface area contributed by atoms with Gasteiger partial charge in [0.25, 0.3) is 5.91 Å². The minimum atomic E-state index is -3.85. The lowest BCUT2D eigenvalue weighted by molar-refractivity contribution is -0.117. The maximum absolute atomic E-state index is 12.4. The fourth-order valence-electron chi connectivity index (χ4n) is 3.36. The Bertz CT molecular complexity index is 998. The van der Waals surface area contributed by atoms with E-state index >= 15 is 0 Å². The predicted octanol–water partition coefficient (Wildman–Crippen LogP) is 2.40. The maximum atomic E-state index is 12.4. The number of nitrogens with zero attached hydrogens (tertiary/aromatic N) is 1. The first-order chi connectivity index (χ1) is 14.3. The average Bonchev–Trinajstić information content (AvgIpc) is 2.96. The number of amides is 2. The van der Waals surface area contributed by atoms with Crippen molar-refractivity contribution in [1.82, 2.24) is 4.90 Å². The van der Waals surface area contributed by atoms with Crippen LogP contribution in [0.2, 0.25) is 0 Å². The quantitative estimate of drug-likeness (QED) is 0.650. The highest BCUT2D eigenvalue weighted by Crippen LogP contribution is 2.16. The van der Waals surface area contributed by atoms with Crippen molar-refractivity contribution in [2.75, 3.05) is 30.3 Å². The molecule has 0 saturated carbocycles. The number of benzene rings is 2. The van der Waals surface area contributed by atoms with E-state index in [9.17, 15) is 18.0 Å². The fourth-order valence-corrected chi connectivity index (χ4v) is 3.92. The molecule has 1 saturated heterocycles. The lowest BCUT2D eigenvalue weighted by atomic mass is 10.2. The number of rotatable bonds is 6. The zero-order chi connectivity index (χ0) is 21.6. The van der Waals surface area contributed by atoms with Gasteiger partial charge in [-0.05, 0) is 68.4 Å². The Kier molecular flexibility index (Phi) is 7.20. The van der Waals surface area contributed by atoms with Gasteiger partial charge in [0.05, 0.1) is 11.4 Å². The van der Waals surface area contributed by atoms with Gasteiger partial charge in [0.2, 0.25) is 15.9 Å². The minimum absolute atomic E-state index is 0.0751. The van der Waals surface area contributed by atoms with Crippen molar-refractivity contribution in [3.63, 3.8) is 0 Å². The molecule has 1 fully saturated rings. The summed E-state index contributed by atoms with van der Waals surface area (Å²) in [5.41, 5.74) is 1.31. The van der Waals surface area contributed by atoms with Crippen molar-refractivity contribution in [3.8, 4) is 0 Å². The van der Waals surface area contributed by atoms with Crippen LogP contribution in [0.4, 0.5) is 11.4 Å². The molecule has 2 aromatic carbocycles. The molecule has 0 spiro atoms.